The molecule has 6 heteroatoms. The van der Waals surface area contributed by atoms with Gasteiger partial charge in [0.15, 0.2) is 0 Å². The molecule has 102 valence electrons. The Balaban J connectivity index is 2.42. The number of carboxylic acids is 1. The zero-order valence-corrected chi connectivity index (χ0v) is 10.7. The van der Waals surface area contributed by atoms with Crippen LogP contribution in [-0.4, -0.2) is 35.5 Å². The molecule has 0 saturated heterocycles. The second-order valence-corrected chi connectivity index (χ2v) is 4.67. The minimum absolute atomic E-state index is 0.223. The fourth-order valence-electron chi connectivity index (χ4n) is 2.17. The average molecular weight is 256 g/mol. The molecule has 0 heterocycles. The molecule has 3 unspecified atom stereocenters. The second kappa shape index (κ2) is 6.37. The van der Waals surface area contributed by atoms with Crippen LogP contribution in [0.5, 0.6) is 0 Å². The maximum absolute atomic E-state index is 11.8. The molecule has 0 radical (unpaired) electrons. The Bertz CT molecular complexity index is 343. The van der Waals surface area contributed by atoms with Gasteiger partial charge in [0.2, 0.25) is 11.8 Å². The minimum Gasteiger partial charge on any atom is -0.481 e. The lowest BCUT2D eigenvalue weighted by Gasteiger charge is -2.16. The molecule has 0 spiro atoms. The Morgan fingerprint density at radius 1 is 1.28 bits per heavy atom. The molecule has 1 saturated carbocycles. The molecule has 0 aromatic carbocycles. The predicted octanol–water partition coefficient (Wildman–Crippen LogP) is 0.128. The van der Waals surface area contributed by atoms with Gasteiger partial charge in [0.25, 0.3) is 0 Å². The van der Waals surface area contributed by atoms with Crippen molar-refractivity contribution in [3.63, 3.8) is 0 Å². The largest absolute Gasteiger partial charge is 0.481 e. The maximum Gasteiger partial charge on any atom is 0.306 e. The molecule has 18 heavy (non-hydrogen) atoms. The SMILES string of the molecule is CCNC(=O)C(C)NC(=O)C1CCC(C(=O)O)C1. The van der Waals surface area contributed by atoms with E-state index in [0.29, 0.717) is 25.8 Å². The minimum atomic E-state index is -0.845. The van der Waals surface area contributed by atoms with Gasteiger partial charge in [-0.2, -0.15) is 0 Å². The Labute approximate surface area is 106 Å². The third kappa shape index (κ3) is 3.72. The second-order valence-electron chi connectivity index (χ2n) is 4.67. The summed E-state index contributed by atoms with van der Waals surface area (Å²) < 4.78 is 0. The van der Waals surface area contributed by atoms with Crippen molar-refractivity contribution in [2.45, 2.75) is 39.2 Å². The zero-order chi connectivity index (χ0) is 13.7. The summed E-state index contributed by atoms with van der Waals surface area (Å²) in [6.45, 7) is 3.94. The van der Waals surface area contributed by atoms with Gasteiger partial charge in [-0.1, -0.05) is 0 Å². The van der Waals surface area contributed by atoms with Gasteiger partial charge in [-0.3, -0.25) is 14.4 Å². The molecule has 1 rings (SSSR count). The standard InChI is InChI=1S/C12H20N2O4/c1-3-13-10(15)7(2)14-11(16)8-4-5-9(6-8)12(17)18/h7-9H,3-6H2,1-2H3,(H,13,15)(H,14,16)(H,17,18). The fourth-order valence-corrected chi connectivity index (χ4v) is 2.17. The molecule has 0 aromatic rings. The van der Waals surface area contributed by atoms with Crippen molar-refractivity contribution in [2.24, 2.45) is 11.8 Å². The summed E-state index contributed by atoms with van der Waals surface area (Å²) in [7, 11) is 0. The summed E-state index contributed by atoms with van der Waals surface area (Å²) in [4.78, 5) is 34.1. The van der Waals surface area contributed by atoms with Crippen molar-refractivity contribution in [1.29, 1.82) is 0 Å². The number of hydrogen-bond acceptors (Lipinski definition) is 3. The summed E-state index contributed by atoms with van der Waals surface area (Å²) >= 11 is 0. The third-order valence-electron chi connectivity index (χ3n) is 3.26. The number of carbonyl (C=O) groups is 3. The molecule has 0 bridgehead atoms. The number of rotatable bonds is 5. The molecule has 1 aliphatic rings. The number of carbonyl (C=O) groups excluding carboxylic acids is 2. The van der Waals surface area contributed by atoms with Crippen molar-refractivity contribution in [3.05, 3.63) is 0 Å². The van der Waals surface area contributed by atoms with Gasteiger partial charge in [-0.15, -0.1) is 0 Å². The maximum atomic E-state index is 11.8. The summed E-state index contributed by atoms with van der Waals surface area (Å²) in [6, 6.07) is -0.582. The van der Waals surface area contributed by atoms with E-state index in [0.717, 1.165) is 0 Å². The molecule has 6 nitrogen and oxygen atoms in total. The van der Waals surface area contributed by atoms with Crippen molar-refractivity contribution >= 4 is 17.8 Å². The van der Waals surface area contributed by atoms with Crippen LogP contribution in [0.4, 0.5) is 0 Å². The van der Waals surface area contributed by atoms with E-state index in [-0.39, 0.29) is 17.7 Å². The number of aliphatic carboxylic acids is 1. The quantitative estimate of drug-likeness (QED) is 0.651. The first-order chi connectivity index (χ1) is 8.45. The lowest BCUT2D eigenvalue weighted by Crippen LogP contribution is -2.46. The number of likely N-dealkylation sites (N-methyl/N-ethyl adjacent to an activating group) is 1. The number of carboxylic acid groups (broad SMARTS) is 1. The zero-order valence-electron chi connectivity index (χ0n) is 10.7. The van der Waals surface area contributed by atoms with Crippen molar-refractivity contribution in [3.8, 4) is 0 Å². The molecule has 2 amide bonds. The number of hydrogen-bond donors (Lipinski definition) is 3. The highest BCUT2D eigenvalue weighted by Gasteiger charge is 2.34. The van der Waals surface area contributed by atoms with E-state index < -0.39 is 17.9 Å². The van der Waals surface area contributed by atoms with Crippen LogP contribution < -0.4 is 10.6 Å². The van der Waals surface area contributed by atoms with Crippen LogP contribution >= 0.6 is 0 Å². The van der Waals surface area contributed by atoms with E-state index in [1.54, 1.807) is 13.8 Å². The molecular weight excluding hydrogens is 236 g/mol. The van der Waals surface area contributed by atoms with Crippen LogP contribution in [0.1, 0.15) is 33.1 Å². The van der Waals surface area contributed by atoms with Crippen LogP contribution in [0.25, 0.3) is 0 Å². The van der Waals surface area contributed by atoms with Gasteiger partial charge in [-0.25, -0.2) is 0 Å². The summed E-state index contributed by atoms with van der Waals surface area (Å²) in [5.41, 5.74) is 0. The van der Waals surface area contributed by atoms with Crippen molar-refractivity contribution < 1.29 is 19.5 Å². The average Bonchev–Trinajstić information content (AvgIpc) is 2.78. The molecule has 3 atom stereocenters. The topological polar surface area (TPSA) is 95.5 Å². The van der Waals surface area contributed by atoms with E-state index in [9.17, 15) is 14.4 Å². The Hall–Kier alpha value is -1.59. The van der Waals surface area contributed by atoms with Crippen molar-refractivity contribution in [1.82, 2.24) is 10.6 Å². The Morgan fingerprint density at radius 2 is 1.89 bits per heavy atom. The van der Waals surface area contributed by atoms with Gasteiger partial charge in [0, 0.05) is 12.5 Å². The summed E-state index contributed by atoms with van der Waals surface area (Å²) in [5, 5.41) is 14.1. The highest BCUT2D eigenvalue weighted by Crippen LogP contribution is 2.31. The van der Waals surface area contributed by atoms with Crippen molar-refractivity contribution in [2.75, 3.05) is 6.54 Å². The van der Waals surface area contributed by atoms with Crippen LogP contribution in [-0.2, 0) is 14.4 Å². The molecule has 3 N–H and O–H groups in total. The van der Waals surface area contributed by atoms with E-state index in [2.05, 4.69) is 10.6 Å². The van der Waals surface area contributed by atoms with E-state index >= 15 is 0 Å². The first kappa shape index (κ1) is 14.5. The van der Waals surface area contributed by atoms with Gasteiger partial charge in [-0.05, 0) is 33.1 Å². The Kier molecular flexibility index (Phi) is 5.12. The van der Waals surface area contributed by atoms with Gasteiger partial charge >= 0.3 is 5.97 Å². The van der Waals surface area contributed by atoms with Gasteiger partial charge in [0.1, 0.15) is 6.04 Å². The first-order valence-corrected chi connectivity index (χ1v) is 6.26. The smallest absolute Gasteiger partial charge is 0.306 e. The van der Waals surface area contributed by atoms with Gasteiger partial charge < -0.3 is 15.7 Å². The summed E-state index contributed by atoms with van der Waals surface area (Å²) in [5.74, 6) is -2.01. The fraction of sp³-hybridized carbons (Fsp3) is 0.750. The number of nitrogens with one attached hydrogen (secondary N) is 2. The normalized spacial score (nSPS) is 24.3. The van der Waals surface area contributed by atoms with E-state index in [1.165, 1.54) is 0 Å². The van der Waals surface area contributed by atoms with Crippen LogP contribution in [0.3, 0.4) is 0 Å². The van der Waals surface area contributed by atoms with E-state index in [4.69, 9.17) is 5.11 Å². The lowest BCUT2D eigenvalue weighted by atomic mass is 10.0. The molecular formula is C12H20N2O4. The number of amides is 2. The van der Waals surface area contributed by atoms with E-state index in [1.807, 2.05) is 0 Å². The van der Waals surface area contributed by atoms with Crippen LogP contribution in [0, 0.1) is 11.8 Å². The third-order valence-corrected chi connectivity index (χ3v) is 3.26. The van der Waals surface area contributed by atoms with Crippen LogP contribution in [0.2, 0.25) is 0 Å². The van der Waals surface area contributed by atoms with Crippen LogP contribution in [0.15, 0.2) is 0 Å². The highest BCUT2D eigenvalue weighted by atomic mass is 16.4. The Morgan fingerprint density at radius 3 is 2.39 bits per heavy atom. The lowest BCUT2D eigenvalue weighted by molar-refractivity contribution is -0.141. The molecule has 1 aliphatic carbocycles. The summed E-state index contributed by atoms with van der Waals surface area (Å²) in [6.07, 6.45) is 1.47. The first-order valence-electron chi connectivity index (χ1n) is 6.26. The predicted molar refractivity (Wildman–Crippen MR) is 64.8 cm³/mol. The highest BCUT2D eigenvalue weighted by molar-refractivity contribution is 5.88. The molecule has 0 aliphatic heterocycles. The molecule has 0 aromatic heterocycles. The van der Waals surface area contributed by atoms with Gasteiger partial charge in [0.05, 0.1) is 5.92 Å². The molecule has 1 fully saturated rings. The monoisotopic (exact) mass is 256 g/mol.